The lowest BCUT2D eigenvalue weighted by Crippen LogP contribution is -2.50. The summed E-state index contributed by atoms with van der Waals surface area (Å²) in [6, 6.07) is 10.2. The lowest BCUT2D eigenvalue weighted by atomic mass is 9.99. The maximum Gasteiger partial charge on any atom is 0.0717 e. The third kappa shape index (κ3) is 2.82. The first-order chi connectivity index (χ1) is 7.85. The van der Waals surface area contributed by atoms with Crippen LogP contribution in [0.1, 0.15) is 18.4 Å². The summed E-state index contributed by atoms with van der Waals surface area (Å²) in [5.74, 6) is 0. The summed E-state index contributed by atoms with van der Waals surface area (Å²) in [4.78, 5) is 0. The van der Waals surface area contributed by atoms with Gasteiger partial charge < -0.3 is 15.8 Å². The van der Waals surface area contributed by atoms with Gasteiger partial charge >= 0.3 is 0 Å². The maximum atomic E-state index is 5.81. The molecule has 0 aliphatic carbocycles. The van der Waals surface area contributed by atoms with Gasteiger partial charge in [-0.1, -0.05) is 30.3 Å². The minimum atomic E-state index is 0.0226. The highest BCUT2D eigenvalue weighted by Gasteiger charge is 2.31. The van der Waals surface area contributed by atoms with Crippen molar-refractivity contribution in [2.75, 3.05) is 19.7 Å². The molecule has 1 heterocycles. The van der Waals surface area contributed by atoms with Crippen molar-refractivity contribution in [1.82, 2.24) is 5.32 Å². The van der Waals surface area contributed by atoms with Crippen LogP contribution < -0.4 is 11.1 Å². The third-order valence-electron chi connectivity index (χ3n) is 3.21. The van der Waals surface area contributed by atoms with E-state index in [0.29, 0.717) is 19.8 Å². The van der Waals surface area contributed by atoms with Gasteiger partial charge in [0.1, 0.15) is 0 Å². The summed E-state index contributed by atoms with van der Waals surface area (Å²) in [6.45, 7) is 3.09. The number of nitrogens with one attached hydrogen (secondary N) is 1. The van der Waals surface area contributed by atoms with Gasteiger partial charge in [0.05, 0.1) is 18.8 Å². The zero-order chi connectivity index (χ0) is 11.3. The number of ether oxygens (including phenoxy) is 1. The van der Waals surface area contributed by atoms with E-state index in [-0.39, 0.29) is 5.54 Å². The van der Waals surface area contributed by atoms with Crippen LogP contribution in [0, 0.1) is 0 Å². The highest BCUT2D eigenvalue weighted by atomic mass is 16.5. The van der Waals surface area contributed by atoms with Crippen molar-refractivity contribution in [3.8, 4) is 0 Å². The standard InChI is InChI=1S/C13H20N2O/c14-10-13(7-4-8-15-13)11-16-9-12-5-2-1-3-6-12/h1-3,5-6,15H,4,7-11,14H2. The van der Waals surface area contributed by atoms with Gasteiger partial charge in [-0.15, -0.1) is 0 Å². The van der Waals surface area contributed by atoms with E-state index in [1.54, 1.807) is 0 Å². The van der Waals surface area contributed by atoms with Gasteiger partial charge in [-0.25, -0.2) is 0 Å². The molecule has 3 nitrogen and oxygen atoms in total. The van der Waals surface area contributed by atoms with Gasteiger partial charge in [0.15, 0.2) is 0 Å². The van der Waals surface area contributed by atoms with Gasteiger partial charge in [-0.05, 0) is 24.9 Å². The van der Waals surface area contributed by atoms with E-state index >= 15 is 0 Å². The number of benzene rings is 1. The molecule has 16 heavy (non-hydrogen) atoms. The molecule has 88 valence electrons. The molecule has 0 spiro atoms. The summed E-state index contributed by atoms with van der Waals surface area (Å²) in [6.07, 6.45) is 2.32. The Morgan fingerprint density at radius 2 is 2.12 bits per heavy atom. The fraction of sp³-hybridized carbons (Fsp3) is 0.538. The van der Waals surface area contributed by atoms with Crippen molar-refractivity contribution in [3.05, 3.63) is 35.9 Å². The Morgan fingerprint density at radius 3 is 2.75 bits per heavy atom. The molecule has 1 atom stereocenters. The molecule has 0 saturated carbocycles. The van der Waals surface area contributed by atoms with Crippen molar-refractivity contribution in [3.63, 3.8) is 0 Å². The van der Waals surface area contributed by atoms with Crippen LogP contribution in [0.15, 0.2) is 30.3 Å². The lowest BCUT2D eigenvalue weighted by Gasteiger charge is -2.27. The molecule has 1 aromatic rings. The molecular weight excluding hydrogens is 200 g/mol. The minimum absolute atomic E-state index is 0.0226. The van der Waals surface area contributed by atoms with E-state index in [4.69, 9.17) is 10.5 Å². The molecule has 1 aliphatic heterocycles. The normalized spacial score (nSPS) is 24.8. The average molecular weight is 220 g/mol. The highest BCUT2D eigenvalue weighted by molar-refractivity contribution is 5.13. The van der Waals surface area contributed by atoms with E-state index in [1.165, 1.54) is 12.0 Å². The van der Waals surface area contributed by atoms with Crippen LogP contribution in [-0.2, 0) is 11.3 Å². The third-order valence-corrected chi connectivity index (χ3v) is 3.21. The van der Waals surface area contributed by atoms with Gasteiger partial charge in [0.25, 0.3) is 0 Å². The van der Waals surface area contributed by atoms with E-state index in [0.717, 1.165) is 13.0 Å². The number of rotatable bonds is 5. The van der Waals surface area contributed by atoms with E-state index in [1.807, 2.05) is 18.2 Å². The van der Waals surface area contributed by atoms with Gasteiger partial charge in [-0.3, -0.25) is 0 Å². The first-order valence-electron chi connectivity index (χ1n) is 5.91. The van der Waals surface area contributed by atoms with E-state index in [2.05, 4.69) is 17.4 Å². The average Bonchev–Trinajstić information content (AvgIpc) is 2.80. The largest absolute Gasteiger partial charge is 0.375 e. The van der Waals surface area contributed by atoms with Crippen molar-refractivity contribution >= 4 is 0 Å². The van der Waals surface area contributed by atoms with Crippen LogP contribution in [0.4, 0.5) is 0 Å². The molecule has 3 heteroatoms. The molecule has 0 bridgehead atoms. The highest BCUT2D eigenvalue weighted by Crippen LogP contribution is 2.18. The molecule has 0 aromatic heterocycles. The predicted octanol–water partition coefficient (Wildman–Crippen LogP) is 1.28. The summed E-state index contributed by atoms with van der Waals surface area (Å²) in [5.41, 5.74) is 7.04. The summed E-state index contributed by atoms with van der Waals surface area (Å²) >= 11 is 0. The fourth-order valence-corrected chi connectivity index (χ4v) is 2.16. The lowest BCUT2D eigenvalue weighted by molar-refractivity contribution is 0.0679. The van der Waals surface area contributed by atoms with Crippen molar-refractivity contribution in [1.29, 1.82) is 0 Å². The second-order valence-electron chi connectivity index (χ2n) is 4.49. The Morgan fingerprint density at radius 1 is 1.31 bits per heavy atom. The number of hydrogen-bond acceptors (Lipinski definition) is 3. The van der Waals surface area contributed by atoms with Crippen LogP contribution in [0.25, 0.3) is 0 Å². The molecule has 2 rings (SSSR count). The number of nitrogens with two attached hydrogens (primary N) is 1. The Hall–Kier alpha value is -0.900. The zero-order valence-corrected chi connectivity index (χ0v) is 9.61. The Bertz CT molecular complexity index is 307. The van der Waals surface area contributed by atoms with Crippen molar-refractivity contribution < 1.29 is 4.74 Å². The zero-order valence-electron chi connectivity index (χ0n) is 9.61. The van der Waals surface area contributed by atoms with Crippen LogP contribution >= 0.6 is 0 Å². The van der Waals surface area contributed by atoms with Crippen LogP contribution in [0.2, 0.25) is 0 Å². The predicted molar refractivity (Wildman–Crippen MR) is 65.1 cm³/mol. The Balaban J connectivity index is 1.79. The van der Waals surface area contributed by atoms with E-state index < -0.39 is 0 Å². The van der Waals surface area contributed by atoms with E-state index in [9.17, 15) is 0 Å². The number of hydrogen-bond donors (Lipinski definition) is 2. The monoisotopic (exact) mass is 220 g/mol. The molecular formula is C13H20N2O. The Kier molecular flexibility index (Phi) is 3.93. The molecule has 1 unspecified atom stereocenters. The van der Waals surface area contributed by atoms with Gasteiger partial charge in [0, 0.05) is 6.54 Å². The quantitative estimate of drug-likeness (QED) is 0.786. The molecule has 3 N–H and O–H groups in total. The minimum Gasteiger partial charge on any atom is -0.375 e. The second kappa shape index (κ2) is 5.43. The molecule has 1 aromatic carbocycles. The van der Waals surface area contributed by atoms with Crippen LogP contribution in [0.5, 0.6) is 0 Å². The maximum absolute atomic E-state index is 5.81. The smallest absolute Gasteiger partial charge is 0.0717 e. The Labute approximate surface area is 97.0 Å². The first kappa shape index (κ1) is 11.6. The fourth-order valence-electron chi connectivity index (χ4n) is 2.16. The van der Waals surface area contributed by atoms with Gasteiger partial charge in [0.2, 0.25) is 0 Å². The topological polar surface area (TPSA) is 47.3 Å². The molecule has 0 amide bonds. The molecule has 1 fully saturated rings. The summed E-state index contributed by atoms with van der Waals surface area (Å²) < 4.78 is 5.76. The second-order valence-corrected chi connectivity index (χ2v) is 4.49. The van der Waals surface area contributed by atoms with Gasteiger partial charge in [-0.2, -0.15) is 0 Å². The summed E-state index contributed by atoms with van der Waals surface area (Å²) in [7, 11) is 0. The summed E-state index contributed by atoms with van der Waals surface area (Å²) in [5, 5.41) is 3.46. The van der Waals surface area contributed by atoms with Crippen LogP contribution in [-0.4, -0.2) is 25.2 Å². The SMILES string of the molecule is NCC1(COCc2ccccc2)CCCN1. The van der Waals surface area contributed by atoms with Crippen molar-refractivity contribution in [2.24, 2.45) is 5.73 Å². The molecule has 1 aliphatic rings. The first-order valence-corrected chi connectivity index (χ1v) is 5.91. The molecule has 0 radical (unpaired) electrons. The molecule has 1 saturated heterocycles. The van der Waals surface area contributed by atoms with Crippen LogP contribution in [0.3, 0.4) is 0 Å². The van der Waals surface area contributed by atoms with Crippen molar-refractivity contribution in [2.45, 2.75) is 25.0 Å².